The van der Waals surface area contributed by atoms with Crippen molar-refractivity contribution in [3.8, 4) is 0 Å². The third kappa shape index (κ3) is 4.65. The third-order valence-corrected chi connectivity index (χ3v) is 4.96. The Kier molecular flexibility index (Phi) is 5.60. The van der Waals surface area contributed by atoms with Gasteiger partial charge in [-0.2, -0.15) is 0 Å². The third-order valence-electron chi connectivity index (χ3n) is 4.10. The first-order chi connectivity index (χ1) is 11.7. The highest BCUT2D eigenvalue weighted by Gasteiger charge is 2.21. The van der Waals surface area contributed by atoms with Gasteiger partial charge in [0.15, 0.2) is 5.82 Å². The summed E-state index contributed by atoms with van der Waals surface area (Å²) in [5.41, 5.74) is 0. The molecule has 2 N–H and O–H groups in total. The molecule has 3 heterocycles. The molecule has 24 heavy (non-hydrogen) atoms. The van der Waals surface area contributed by atoms with E-state index in [1.54, 1.807) is 11.3 Å². The van der Waals surface area contributed by atoms with Gasteiger partial charge in [-0.15, -0.1) is 11.3 Å². The van der Waals surface area contributed by atoms with Crippen molar-refractivity contribution < 1.29 is 14.1 Å². The summed E-state index contributed by atoms with van der Waals surface area (Å²) in [6.07, 6.45) is 3.38. The average Bonchev–Trinajstić information content (AvgIpc) is 3.28. The molecular weight excluding hydrogens is 328 g/mol. The molecule has 0 spiro atoms. The van der Waals surface area contributed by atoms with E-state index >= 15 is 0 Å². The number of hydrogen-bond acceptors (Lipinski definition) is 6. The van der Waals surface area contributed by atoms with E-state index in [1.165, 1.54) is 17.2 Å². The van der Waals surface area contributed by atoms with Crippen LogP contribution in [0.15, 0.2) is 34.4 Å². The second-order valence-corrected chi connectivity index (χ2v) is 6.88. The molecule has 0 aliphatic carbocycles. The van der Waals surface area contributed by atoms with Crippen molar-refractivity contribution in [2.45, 2.75) is 19.4 Å². The zero-order valence-corrected chi connectivity index (χ0v) is 14.1. The van der Waals surface area contributed by atoms with Crippen molar-refractivity contribution in [3.63, 3.8) is 0 Å². The molecule has 2 aromatic rings. The lowest BCUT2D eigenvalue weighted by molar-refractivity contribution is -0.136. The molecule has 1 aliphatic rings. The maximum atomic E-state index is 11.8. The Bertz CT molecular complexity index is 649. The molecule has 1 saturated heterocycles. The van der Waals surface area contributed by atoms with Crippen LogP contribution >= 0.6 is 11.3 Å². The second-order valence-electron chi connectivity index (χ2n) is 5.85. The molecule has 128 valence electrons. The van der Waals surface area contributed by atoms with Crippen LogP contribution in [0.5, 0.6) is 0 Å². The van der Waals surface area contributed by atoms with Crippen molar-refractivity contribution in [2.24, 2.45) is 5.92 Å². The number of amides is 2. The smallest absolute Gasteiger partial charge is 0.314 e. The van der Waals surface area contributed by atoms with Crippen molar-refractivity contribution in [2.75, 3.05) is 25.0 Å². The minimum absolute atomic E-state index is 0.233. The van der Waals surface area contributed by atoms with E-state index in [1.807, 2.05) is 0 Å². The van der Waals surface area contributed by atoms with Crippen LogP contribution in [-0.2, 0) is 16.1 Å². The van der Waals surface area contributed by atoms with Crippen molar-refractivity contribution in [1.82, 2.24) is 15.4 Å². The van der Waals surface area contributed by atoms with Crippen LogP contribution in [0.1, 0.15) is 17.7 Å². The lowest BCUT2D eigenvalue weighted by Crippen LogP contribution is -2.41. The summed E-state index contributed by atoms with van der Waals surface area (Å²) in [7, 11) is 0. The molecule has 0 unspecified atom stereocenters. The fourth-order valence-electron chi connectivity index (χ4n) is 2.74. The number of thiophene rings is 1. The van der Waals surface area contributed by atoms with Gasteiger partial charge in [-0.05, 0) is 43.3 Å². The number of nitrogens with one attached hydrogen (secondary N) is 2. The molecule has 1 fully saturated rings. The first-order valence-corrected chi connectivity index (χ1v) is 8.83. The zero-order chi connectivity index (χ0) is 16.8. The van der Waals surface area contributed by atoms with Gasteiger partial charge in [0.2, 0.25) is 0 Å². The molecule has 8 heteroatoms. The zero-order valence-electron chi connectivity index (χ0n) is 13.2. The fraction of sp³-hybridized carbons (Fsp3) is 0.438. The summed E-state index contributed by atoms with van der Waals surface area (Å²) >= 11 is 1.78. The predicted molar refractivity (Wildman–Crippen MR) is 90.5 cm³/mol. The first-order valence-electron chi connectivity index (χ1n) is 7.95. The van der Waals surface area contributed by atoms with E-state index in [4.69, 9.17) is 0 Å². The van der Waals surface area contributed by atoms with E-state index in [2.05, 4.69) is 42.7 Å². The highest BCUT2D eigenvalue weighted by Crippen LogP contribution is 2.20. The Morgan fingerprint density at radius 3 is 2.79 bits per heavy atom. The van der Waals surface area contributed by atoms with Crippen molar-refractivity contribution in [1.29, 1.82) is 0 Å². The molecule has 7 nitrogen and oxygen atoms in total. The maximum Gasteiger partial charge on any atom is 0.314 e. The Morgan fingerprint density at radius 2 is 2.12 bits per heavy atom. The summed E-state index contributed by atoms with van der Waals surface area (Å²) in [6, 6.07) is 5.71. The number of anilines is 1. The van der Waals surface area contributed by atoms with E-state index in [9.17, 15) is 9.59 Å². The second kappa shape index (κ2) is 8.07. The highest BCUT2D eigenvalue weighted by molar-refractivity contribution is 7.09. The lowest BCUT2D eigenvalue weighted by atomic mass is 9.97. The molecule has 0 atom stereocenters. The van der Waals surface area contributed by atoms with E-state index in [0.717, 1.165) is 32.5 Å². The van der Waals surface area contributed by atoms with Gasteiger partial charge in [-0.3, -0.25) is 19.8 Å². The minimum Gasteiger partial charge on any atom is -0.363 e. The van der Waals surface area contributed by atoms with E-state index in [0.29, 0.717) is 12.5 Å². The fourth-order valence-corrected chi connectivity index (χ4v) is 3.49. The SMILES string of the molecule is O=C(NCC1CCN(Cc2cccs2)CC1)C(=O)Nc1ccon1. The van der Waals surface area contributed by atoms with Gasteiger partial charge in [-0.25, -0.2) is 0 Å². The summed E-state index contributed by atoms with van der Waals surface area (Å²) in [5.74, 6) is -0.719. The maximum absolute atomic E-state index is 11.8. The van der Waals surface area contributed by atoms with Gasteiger partial charge in [0.25, 0.3) is 0 Å². The van der Waals surface area contributed by atoms with Gasteiger partial charge >= 0.3 is 11.8 Å². The van der Waals surface area contributed by atoms with Crippen LogP contribution < -0.4 is 10.6 Å². The van der Waals surface area contributed by atoms with Gasteiger partial charge in [-0.1, -0.05) is 11.2 Å². The molecule has 0 aromatic carbocycles. The monoisotopic (exact) mass is 348 g/mol. The molecule has 2 aromatic heterocycles. The van der Waals surface area contributed by atoms with E-state index < -0.39 is 11.8 Å². The molecule has 1 aliphatic heterocycles. The Balaban J connectivity index is 1.35. The Labute approximate surface area is 144 Å². The number of carbonyl (C=O) groups is 2. The van der Waals surface area contributed by atoms with Crippen LogP contribution in [0.3, 0.4) is 0 Å². The molecule has 0 bridgehead atoms. The minimum atomic E-state index is -0.723. The number of aromatic nitrogens is 1. The van der Waals surface area contributed by atoms with Gasteiger partial charge in [0.1, 0.15) is 6.26 Å². The molecule has 0 radical (unpaired) electrons. The summed E-state index contributed by atoms with van der Waals surface area (Å²) in [5, 5.41) is 10.7. The number of piperidine rings is 1. The van der Waals surface area contributed by atoms with Crippen LogP contribution in [0.2, 0.25) is 0 Å². The Morgan fingerprint density at radius 1 is 1.29 bits per heavy atom. The number of nitrogens with zero attached hydrogens (tertiary/aromatic N) is 2. The topological polar surface area (TPSA) is 87.5 Å². The van der Waals surface area contributed by atoms with Crippen LogP contribution in [-0.4, -0.2) is 41.5 Å². The quantitative estimate of drug-likeness (QED) is 0.803. The van der Waals surface area contributed by atoms with Crippen LogP contribution in [0.25, 0.3) is 0 Å². The molecule has 0 saturated carbocycles. The summed E-state index contributed by atoms with van der Waals surface area (Å²) in [4.78, 5) is 27.3. The van der Waals surface area contributed by atoms with Crippen LogP contribution in [0, 0.1) is 5.92 Å². The predicted octanol–water partition coefficient (Wildman–Crippen LogP) is 1.70. The lowest BCUT2D eigenvalue weighted by Gasteiger charge is -2.31. The highest BCUT2D eigenvalue weighted by atomic mass is 32.1. The largest absolute Gasteiger partial charge is 0.363 e. The number of hydrogen-bond donors (Lipinski definition) is 2. The summed E-state index contributed by atoms with van der Waals surface area (Å²) < 4.78 is 4.60. The van der Waals surface area contributed by atoms with Crippen LogP contribution in [0.4, 0.5) is 5.82 Å². The van der Waals surface area contributed by atoms with E-state index in [-0.39, 0.29) is 5.82 Å². The van der Waals surface area contributed by atoms with Gasteiger partial charge in [0, 0.05) is 24.0 Å². The van der Waals surface area contributed by atoms with Crippen molar-refractivity contribution in [3.05, 3.63) is 34.7 Å². The van der Waals surface area contributed by atoms with Gasteiger partial charge < -0.3 is 9.84 Å². The Hall–Kier alpha value is -2.19. The first kappa shape index (κ1) is 16.7. The standard InChI is InChI=1S/C16H20N4O3S/c21-15(16(22)18-14-5-8-23-19-14)17-10-12-3-6-20(7-4-12)11-13-2-1-9-24-13/h1-2,5,8-9,12H,3-4,6-7,10-11H2,(H,17,21)(H,18,19,22). The average molecular weight is 348 g/mol. The molecule has 3 rings (SSSR count). The summed E-state index contributed by atoms with van der Waals surface area (Å²) in [6.45, 7) is 3.56. The normalized spacial score (nSPS) is 16.0. The number of rotatable bonds is 5. The van der Waals surface area contributed by atoms with Crippen molar-refractivity contribution >= 4 is 29.0 Å². The number of carbonyl (C=O) groups excluding carboxylic acids is 2. The number of likely N-dealkylation sites (tertiary alicyclic amines) is 1. The molecular formula is C16H20N4O3S. The van der Waals surface area contributed by atoms with Gasteiger partial charge in [0.05, 0.1) is 0 Å². The molecule has 2 amide bonds.